The first-order chi connectivity index (χ1) is 9.81. The van der Waals surface area contributed by atoms with Gasteiger partial charge in [-0.25, -0.2) is 4.98 Å². The highest BCUT2D eigenvalue weighted by Crippen LogP contribution is 2.19. The lowest BCUT2D eigenvalue weighted by atomic mass is 10.4. The third-order valence-electron chi connectivity index (χ3n) is 4.16. The number of hydrogen-bond donors (Lipinski definition) is 1. The molecule has 0 unspecified atom stereocenters. The van der Waals surface area contributed by atoms with Gasteiger partial charge >= 0.3 is 0 Å². The van der Waals surface area contributed by atoms with Gasteiger partial charge in [0, 0.05) is 38.9 Å². The van der Waals surface area contributed by atoms with Crippen LogP contribution in [0.1, 0.15) is 31.4 Å². The molecule has 1 N–H and O–H groups in total. The van der Waals surface area contributed by atoms with Crippen LogP contribution in [0.15, 0.2) is 12.4 Å². The number of hydrogen-bond acceptors (Lipinski definition) is 5. The lowest BCUT2D eigenvalue weighted by molar-refractivity contribution is 0.346. The van der Waals surface area contributed by atoms with E-state index in [4.69, 9.17) is 4.98 Å². The molecule has 2 fully saturated rings. The Kier molecular flexibility index (Phi) is 4.47. The van der Waals surface area contributed by atoms with E-state index in [0.717, 1.165) is 31.1 Å². The molecule has 2 heterocycles. The molecule has 1 aliphatic heterocycles. The molecule has 110 valence electrons. The van der Waals surface area contributed by atoms with Crippen LogP contribution in [0.2, 0.25) is 0 Å². The second-order valence-corrected chi connectivity index (χ2v) is 5.99. The summed E-state index contributed by atoms with van der Waals surface area (Å²) >= 11 is 0. The van der Waals surface area contributed by atoms with Crippen LogP contribution < -0.4 is 10.2 Å². The first kappa shape index (κ1) is 13.8. The molecule has 1 aromatic rings. The Hall–Kier alpha value is -1.20. The van der Waals surface area contributed by atoms with Crippen molar-refractivity contribution in [2.75, 3.05) is 38.1 Å². The van der Waals surface area contributed by atoms with Gasteiger partial charge in [0.1, 0.15) is 5.82 Å². The van der Waals surface area contributed by atoms with Gasteiger partial charge in [0.15, 0.2) is 0 Å². The summed E-state index contributed by atoms with van der Waals surface area (Å²) in [5.74, 6) is 0.985. The third kappa shape index (κ3) is 3.90. The summed E-state index contributed by atoms with van der Waals surface area (Å²) in [7, 11) is 2.11. The highest BCUT2D eigenvalue weighted by atomic mass is 15.2. The van der Waals surface area contributed by atoms with E-state index in [1.807, 2.05) is 12.4 Å². The van der Waals surface area contributed by atoms with E-state index in [-0.39, 0.29) is 0 Å². The summed E-state index contributed by atoms with van der Waals surface area (Å²) in [6.07, 6.45) is 9.06. The van der Waals surface area contributed by atoms with E-state index in [9.17, 15) is 0 Å². The second-order valence-electron chi connectivity index (χ2n) is 5.99. The summed E-state index contributed by atoms with van der Waals surface area (Å²) in [5, 5.41) is 3.49. The molecule has 2 aliphatic rings. The second kappa shape index (κ2) is 6.50. The van der Waals surface area contributed by atoms with E-state index in [0.29, 0.717) is 6.04 Å². The SMILES string of the molecule is CN(CCN1CCCC1)c1cncc(CNC2CC2)n1. The maximum Gasteiger partial charge on any atom is 0.147 e. The number of rotatable bonds is 7. The van der Waals surface area contributed by atoms with Crippen LogP contribution in [-0.2, 0) is 6.54 Å². The minimum atomic E-state index is 0.716. The van der Waals surface area contributed by atoms with Crippen LogP contribution in [0.5, 0.6) is 0 Å². The van der Waals surface area contributed by atoms with Crippen molar-refractivity contribution in [2.24, 2.45) is 0 Å². The lowest BCUT2D eigenvalue weighted by Crippen LogP contribution is -2.32. The zero-order valence-corrected chi connectivity index (χ0v) is 12.4. The fraction of sp³-hybridized carbons (Fsp3) is 0.733. The van der Waals surface area contributed by atoms with Crippen molar-refractivity contribution in [2.45, 2.75) is 38.3 Å². The average molecular weight is 275 g/mol. The molecule has 0 radical (unpaired) electrons. The predicted octanol–water partition coefficient (Wildman–Crippen LogP) is 1.26. The molecular formula is C15H25N5. The number of aromatic nitrogens is 2. The van der Waals surface area contributed by atoms with Gasteiger partial charge < -0.3 is 15.1 Å². The molecule has 1 saturated heterocycles. The number of likely N-dealkylation sites (N-methyl/N-ethyl adjacent to an activating group) is 1. The third-order valence-corrected chi connectivity index (χ3v) is 4.16. The average Bonchev–Trinajstić information content (AvgIpc) is 3.17. The Labute approximate surface area is 121 Å². The molecule has 0 aromatic carbocycles. The summed E-state index contributed by atoms with van der Waals surface area (Å²) in [6.45, 7) is 5.50. The van der Waals surface area contributed by atoms with Crippen LogP contribution in [-0.4, -0.2) is 54.1 Å². The first-order valence-electron chi connectivity index (χ1n) is 7.79. The van der Waals surface area contributed by atoms with Gasteiger partial charge in [0.05, 0.1) is 11.9 Å². The molecule has 0 atom stereocenters. The monoisotopic (exact) mass is 275 g/mol. The lowest BCUT2D eigenvalue weighted by Gasteiger charge is -2.22. The van der Waals surface area contributed by atoms with Gasteiger partial charge in [-0.2, -0.15) is 0 Å². The molecule has 5 heteroatoms. The molecule has 0 spiro atoms. The smallest absolute Gasteiger partial charge is 0.147 e. The van der Waals surface area contributed by atoms with Gasteiger partial charge in [0.25, 0.3) is 0 Å². The Balaban J connectivity index is 1.50. The molecule has 3 rings (SSSR count). The molecule has 5 nitrogen and oxygen atoms in total. The minimum absolute atomic E-state index is 0.716. The topological polar surface area (TPSA) is 44.3 Å². The number of nitrogens with zero attached hydrogens (tertiary/aromatic N) is 4. The van der Waals surface area contributed by atoms with E-state index < -0.39 is 0 Å². The van der Waals surface area contributed by atoms with E-state index in [1.165, 1.54) is 38.8 Å². The summed E-state index contributed by atoms with van der Waals surface area (Å²) in [6, 6.07) is 0.716. The maximum atomic E-state index is 4.70. The van der Waals surface area contributed by atoms with E-state index in [2.05, 4.69) is 27.1 Å². The van der Waals surface area contributed by atoms with Crippen LogP contribution >= 0.6 is 0 Å². The summed E-state index contributed by atoms with van der Waals surface area (Å²) < 4.78 is 0. The van der Waals surface area contributed by atoms with Crippen LogP contribution in [0, 0.1) is 0 Å². The van der Waals surface area contributed by atoms with Crippen LogP contribution in [0.4, 0.5) is 5.82 Å². The first-order valence-corrected chi connectivity index (χ1v) is 7.79. The van der Waals surface area contributed by atoms with Gasteiger partial charge in [-0.05, 0) is 38.8 Å². The molecular weight excluding hydrogens is 250 g/mol. The fourth-order valence-electron chi connectivity index (χ4n) is 2.61. The summed E-state index contributed by atoms with van der Waals surface area (Å²) in [4.78, 5) is 13.8. The van der Waals surface area contributed by atoms with Gasteiger partial charge in [0.2, 0.25) is 0 Å². The van der Waals surface area contributed by atoms with Crippen molar-refractivity contribution in [1.82, 2.24) is 20.2 Å². The molecule has 1 saturated carbocycles. The highest BCUT2D eigenvalue weighted by Gasteiger charge is 2.20. The zero-order chi connectivity index (χ0) is 13.8. The van der Waals surface area contributed by atoms with Crippen molar-refractivity contribution in [3.8, 4) is 0 Å². The van der Waals surface area contributed by atoms with Crippen LogP contribution in [0.25, 0.3) is 0 Å². The fourth-order valence-corrected chi connectivity index (χ4v) is 2.61. The molecule has 0 amide bonds. The normalized spacial score (nSPS) is 19.4. The van der Waals surface area contributed by atoms with Crippen molar-refractivity contribution >= 4 is 5.82 Å². The Morgan fingerprint density at radius 1 is 1.30 bits per heavy atom. The predicted molar refractivity (Wildman–Crippen MR) is 80.8 cm³/mol. The van der Waals surface area contributed by atoms with Crippen molar-refractivity contribution < 1.29 is 0 Å². The van der Waals surface area contributed by atoms with Crippen LogP contribution in [0.3, 0.4) is 0 Å². The molecule has 0 bridgehead atoms. The Morgan fingerprint density at radius 2 is 2.10 bits per heavy atom. The van der Waals surface area contributed by atoms with Gasteiger partial charge in [-0.1, -0.05) is 0 Å². The molecule has 1 aromatic heterocycles. The number of likely N-dealkylation sites (tertiary alicyclic amines) is 1. The van der Waals surface area contributed by atoms with Crippen molar-refractivity contribution in [1.29, 1.82) is 0 Å². The largest absolute Gasteiger partial charge is 0.357 e. The number of nitrogens with one attached hydrogen (secondary N) is 1. The number of anilines is 1. The van der Waals surface area contributed by atoms with Crippen molar-refractivity contribution in [3.05, 3.63) is 18.1 Å². The van der Waals surface area contributed by atoms with E-state index >= 15 is 0 Å². The minimum Gasteiger partial charge on any atom is -0.357 e. The Morgan fingerprint density at radius 3 is 2.85 bits per heavy atom. The van der Waals surface area contributed by atoms with Gasteiger partial charge in [-0.3, -0.25) is 4.98 Å². The zero-order valence-electron chi connectivity index (χ0n) is 12.4. The van der Waals surface area contributed by atoms with E-state index in [1.54, 1.807) is 0 Å². The van der Waals surface area contributed by atoms with Gasteiger partial charge in [-0.15, -0.1) is 0 Å². The highest BCUT2D eigenvalue weighted by molar-refractivity contribution is 5.35. The molecule has 1 aliphatic carbocycles. The standard InChI is InChI=1S/C15H25N5/c1-19(8-9-20-6-2-3-7-20)15-12-16-10-14(18-15)11-17-13-4-5-13/h10,12-13,17H,2-9,11H2,1H3. The quantitative estimate of drug-likeness (QED) is 0.811. The maximum absolute atomic E-state index is 4.70. The summed E-state index contributed by atoms with van der Waals surface area (Å²) in [5.41, 5.74) is 1.04. The van der Waals surface area contributed by atoms with Crippen molar-refractivity contribution in [3.63, 3.8) is 0 Å². The molecule has 20 heavy (non-hydrogen) atoms. The Bertz CT molecular complexity index is 426.